The first-order valence-corrected chi connectivity index (χ1v) is 9.78. The van der Waals surface area contributed by atoms with Crippen molar-refractivity contribution in [2.75, 3.05) is 26.3 Å². The number of nitrogens with one attached hydrogen (secondary N) is 1. The average molecular weight is 344 g/mol. The van der Waals surface area contributed by atoms with Crippen LogP contribution in [0.4, 0.5) is 0 Å². The van der Waals surface area contributed by atoms with Crippen LogP contribution in [0, 0.1) is 5.92 Å². The van der Waals surface area contributed by atoms with Gasteiger partial charge >= 0.3 is 0 Å². The van der Waals surface area contributed by atoms with Gasteiger partial charge in [-0.05, 0) is 37.1 Å². The zero-order valence-corrected chi connectivity index (χ0v) is 14.1. The van der Waals surface area contributed by atoms with E-state index in [-0.39, 0.29) is 21.7 Å². The molecule has 22 heavy (non-hydrogen) atoms. The number of nitrogens with zero attached hydrogens (tertiary/aromatic N) is 1. The molecule has 1 atom stereocenters. The first kappa shape index (κ1) is 15.9. The molecule has 1 aliphatic carbocycles. The van der Waals surface area contributed by atoms with Gasteiger partial charge in [0.2, 0.25) is 10.0 Å². The minimum atomic E-state index is -3.63. The van der Waals surface area contributed by atoms with Crippen LogP contribution in [0.2, 0.25) is 0 Å². The molecule has 1 amide bonds. The molecule has 0 radical (unpaired) electrons. The van der Waals surface area contributed by atoms with Crippen LogP contribution >= 0.6 is 11.3 Å². The molecule has 0 aromatic carbocycles. The van der Waals surface area contributed by atoms with Crippen LogP contribution in [0.1, 0.15) is 29.4 Å². The van der Waals surface area contributed by atoms with Crippen molar-refractivity contribution < 1.29 is 17.9 Å². The third-order valence-electron chi connectivity index (χ3n) is 4.11. The lowest BCUT2D eigenvalue weighted by Gasteiger charge is -2.26. The van der Waals surface area contributed by atoms with Gasteiger partial charge in [-0.2, -0.15) is 4.31 Å². The fourth-order valence-corrected chi connectivity index (χ4v) is 5.29. The van der Waals surface area contributed by atoms with Gasteiger partial charge in [0, 0.05) is 19.1 Å². The fraction of sp³-hybridized carbons (Fsp3) is 0.643. The van der Waals surface area contributed by atoms with Gasteiger partial charge in [-0.15, -0.1) is 11.3 Å². The molecule has 1 saturated carbocycles. The Bertz CT molecular complexity index is 646. The molecule has 1 saturated heterocycles. The molecule has 1 N–H and O–H groups in total. The quantitative estimate of drug-likeness (QED) is 0.873. The molecule has 1 aromatic heterocycles. The number of carbonyl (C=O) groups excluding carboxylic acids is 1. The second kappa shape index (κ2) is 6.27. The first-order chi connectivity index (χ1) is 10.5. The van der Waals surface area contributed by atoms with Crippen LogP contribution in [0.3, 0.4) is 0 Å². The van der Waals surface area contributed by atoms with E-state index in [4.69, 9.17) is 4.74 Å². The summed E-state index contributed by atoms with van der Waals surface area (Å²) in [6, 6.07) is 1.61. The SMILES string of the molecule is CC(NC(=O)c1sccc1S(=O)(=O)N1CCOCC1)C1CC1. The number of amides is 1. The third-order valence-corrected chi connectivity index (χ3v) is 7.09. The Kier molecular flexibility index (Phi) is 4.54. The number of morpholine rings is 1. The number of sulfonamides is 1. The predicted molar refractivity (Wildman–Crippen MR) is 83.5 cm³/mol. The summed E-state index contributed by atoms with van der Waals surface area (Å²) in [4.78, 5) is 12.8. The smallest absolute Gasteiger partial charge is 0.262 e. The van der Waals surface area contributed by atoms with Gasteiger partial charge in [-0.25, -0.2) is 8.42 Å². The van der Waals surface area contributed by atoms with E-state index in [0.717, 1.165) is 12.8 Å². The highest BCUT2D eigenvalue weighted by Gasteiger charge is 2.33. The molecular formula is C14H20N2O4S2. The number of hydrogen-bond acceptors (Lipinski definition) is 5. The van der Waals surface area contributed by atoms with Gasteiger partial charge in [0.15, 0.2) is 0 Å². The van der Waals surface area contributed by atoms with Crippen LogP contribution in [0.15, 0.2) is 16.3 Å². The van der Waals surface area contributed by atoms with Crippen molar-refractivity contribution in [2.24, 2.45) is 5.92 Å². The van der Waals surface area contributed by atoms with E-state index in [1.807, 2.05) is 6.92 Å². The van der Waals surface area contributed by atoms with Gasteiger partial charge in [0.1, 0.15) is 9.77 Å². The molecule has 122 valence electrons. The molecular weight excluding hydrogens is 324 g/mol. The van der Waals surface area contributed by atoms with Crippen molar-refractivity contribution in [1.29, 1.82) is 0 Å². The lowest BCUT2D eigenvalue weighted by atomic mass is 10.2. The Morgan fingerprint density at radius 3 is 2.73 bits per heavy atom. The first-order valence-electron chi connectivity index (χ1n) is 7.46. The lowest BCUT2D eigenvalue weighted by Crippen LogP contribution is -2.41. The van der Waals surface area contributed by atoms with Crippen LogP contribution in [-0.4, -0.2) is 51.0 Å². The van der Waals surface area contributed by atoms with Gasteiger partial charge in [0.05, 0.1) is 13.2 Å². The number of thiophene rings is 1. The van der Waals surface area contributed by atoms with Crippen LogP contribution in [0.5, 0.6) is 0 Å². The van der Waals surface area contributed by atoms with Crippen LogP contribution < -0.4 is 5.32 Å². The van der Waals surface area contributed by atoms with Gasteiger partial charge in [-0.1, -0.05) is 0 Å². The van der Waals surface area contributed by atoms with Gasteiger partial charge in [-0.3, -0.25) is 4.79 Å². The van der Waals surface area contributed by atoms with Gasteiger partial charge in [0.25, 0.3) is 5.91 Å². The summed E-state index contributed by atoms with van der Waals surface area (Å²) in [6.45, 7) is 3.42. The summed E-state index contributed by atoms with van der Waals surface area (Å²) in [5, 5.41) is 4.58. The van der Waals surface area contributed by atoms with E-state index in [0.29, 0.717) is 32.2 Å². The molecule has 1 aliphatic heterocycles. The zero-order valence-electron chi connectivity index (χ0n) is 12.4. The second-order valence-electron chi connectivity index (χ2n) is 5.73. The van der Waals surface area contributed by atoms with Crippen LogP contribution in [0.25, 0.3) is 0 Å². The molecule has 0 bridgehead atoms. The maximum atomic E-state index is 12.7. The minimum Gasteiger partial charge on any atom is -0.379 e. The summed E-state index contributed by atoms with van der Waals surface area (Å²) in [5.41, 5.74) is 0. The van der Waals surface area contributed by atoms with E-state index in [9.17, 15) is 13.2 Å². The topological polar surface area (TPSA) is 75.7 Å². The maximum absolute atomic E-state index is 12.7. The van der Waals surface area contributed by atoms with Crippen molar-refractivity contribution >= 4 is 27.3 Å². The highest BCUT2D eigenvalue weighted by molar-refractivity contribution is 7.89. The Morgan fingerprint density at radius 1 is 1.41 bits per heavy atom. The number of carbonyl (C=O) groups is 1. The van der Waals surface area contributed by atoms with E-state index in [1.165, 1.54) is 21.7 Å². The molecule has 2 heterocycles. The van der Waals surface area contributed by atoms with Crippen LogP contribution in [-0.2, 0) is 14.8 Å². The van der Waals surface area contributed by atoms with Crippen molar-refractivity contribution in [2.45, 2.75) is 30.7 Å². The second-order valence-corrected chi connectivity index (χ2v) is 8.55. The maximum Gasteiger partial charge on any atom is 0.262 e. The van der Waals surface area contributed by atoms with E-state index in [2.05, 4.69) is 5.32 Å². The highest BCUT2D eigenvalue weighted by Crippen LogP contribution is 2.33. The van der Waals surface area contributed by atoms with Gasteiger partial charge < -0.3 is 10.1 Å². The summed E-state index contributed by atoms with van der Waals surface area (Å²) in [5.74, 6) is 0.240. The average Bonchev–Trinajstić information content (AvgIpc) is 3.24. The monoisotopic (exact) mass is 344 g/mol. The fourth-order valence-electron chi connectivity index (χ4n) is 2.58. The predicted octanol–water partition coefficient (Wildman–Crippen LogP) is 1.30. The largest absolute Gasteiger partial charge is 0.379 e. The number of ether oxygens (including phenoxy) is 1. The Balaban J connectivity index is 1.79. The van der Waals surface area contributed by atoms with E-state index < -0.39 is 10.0 Å². The molecule has 1 aromatic rings. The molecule has 0 spiro atoms. The molecule has 3 rings (SSSR count). The van der Waals surface area contributed by atoms with Crippen molar-refractivity contribution in [1.82, 2.24) is 9.62 Å². The lowest BCUT2D eigenvalue weighted by molar-refractivity contribution is 0.0730. The molecule has 8 heteroatoms. The number of rotatable bonds is 5. The standard InChI is InChI=1S/C14H20N2O4S2/c1-10(11-2-3-11)15-14(17)13-12(4-9-21-13)22(18,19)16-5-7-20-8-6-16/h4,9-11H,2-3,5-8H2,1H3,(H,15,17). The molecule has 2 aliphatic rings. The van der Waals surface area contributed by atoms with E-state index in [1.54, 1.807) is 5.38 Å². The van der Waals surface area contributed by atoms with Crippen molar-refractivity contribution in [3.05, 3.63) is 16.3 Å². The summed E-state index contributed by atoms with van der Waals surface area (Å²) in [7, 11) is -3.63. The zero-order chi connectivity index (χ0) is 15.7. The Morgan fingerprint density at radius 2 is 2.09 bits per heavy atom. The summed E-state index contributed by atoms with van der Waals surface area (Å²) < 4.78 is 32.0. The minimum absolute atomic E-state index is 0.0912. The molecule has 1 unspecified atom stereocenters. The third kappa shape index (κ3) is 3.19. The summed E-state index contributed by atoms with van der Waals surface area (Å²) >= 11 is 1.17. The summed E-state index contributed by atoms with van der Waals surface area (Å²) in [6.07, 6.45) is 2.26. The van der Waals surface area contributed by atoms with Crippen molar-refractivity contribution in [3.8, 4) is 0 Å². The molecule has 2 fully saturated rings. The molecule has 6 nitrogen and oxygen atoms in total. The normalized spacial score (nSPS) is 21.5. The Labute approximate surface area is 134 Å². The Hall–Kier alpha value is -0.960. The van der Waals surface area contributed by atoms with E-state index >= 15 is 0 Å². The van der Waals surface area contributed by atoms with Crippen molar-refractivity contribution in [3.63, 3.8) is 0 Å². The number of hydrogen-bond donors (Lipinski definition) is 1. The highest BCUT2D eigenvalue weighted by atomic mass is 32.2.